The van der Waals surface area contributed by atoms with Crippen LogP contribution in [0.4, 0.5) is 5.69 Å². The lowest BCUT2D eigenvalue weighted by molar-refractivity contribution is -0.522. The van der Waals surface area contributed by atoms with Crippen LogP contribution in [0.5, 0.6) is 0 Å². The molecule has 0 aliphatic carbocycles. The number of aryl methyl sites for hydroxylation is 1. The highest BCUT2D eigenvalue weighted by Crippen LogP contribution is 2.29. The van der Waals surface area contributed by atoms with Crippen LogP contribution in [0, 0.1) is 0 Å². The molecular weight excluding hydrogens is 222 g/mol. The van der Waals surface area contributed by atoms with E-state index in [0.29, 0.717) is 6.04 Å². The summed E-state index contributed by atoms with van der Waals surface area (Å²) in [6.45, 7) is 8.46. The maximum Gasteiger partial charge on any atom is 0.351 e. The van der Waals surface area contributed by atoms with Crippen LogP contribution in [-0.4, -0.2) is 29.7 Å². The molecule has 0 fully saturated rings. The van der Waals surface area contributed by atoms with Gasteiger partial charge in [0, 0.05) is 0 Å². The summed E-state index contributed by atoms with van der Waals surface area (Å²) in [5.74, 6) is 0.889. The second kappa shape index (κ2) is 5.42. The largest absolute Gasteiger partial charge is 0.351 e. The third-order valence-electron chi connectivity index (χ3n) is 3.86. The monoisotopic (exact) mass is 246 g/mol. The van der Waals surface area contributed by atoms with Crippen molar-refractivity contribution >= 4 is 11.6 Å². The smallest absolute Gasteiger partial charge is 0.290 e. The molecule has 1 atom stereocenters. The van der Waals surface area contributed by atoms with Gasteiger partial charge in [-0.3, -0.25) is 10.3 Å². The fourth-order valence-corrected chi connectivity index (χ4v) is 2.74. The Hall–Kier alpha value is -1.51. The van der Waals surface area contributed by atoms with E-state index in [1.165, 1.54) is 17.7 Å². The number of rotatable bonds is 2. The zero-order valence-electron chi connectivity index (χ0n) is 11.7. The Labute approximate surface area is 110 Å². The van der Waals surface area contributed by atoms with Gasteiger partial charge in [-0.05, 0) is 45.2 Å². The van der Waals surface area contributed by atoms with Crippen LogP contribution in [0.15, 0.2) is 24.3 Å². The lowest BCUT2D eigenvalue weighted by Gasteiger charge is -2.31. The van der Waals surface area contributed by atoms with Gasteiger partial charge in [0.15, 0.2) is 0 Å². The summed E-state index contributed by atoms with van der Waals surface area (Å²) in [4.78, 5) is 2.30. The van der Waals surface area contributed by atoms with Crippen LogP contribution in [0.2, 0.25) is 0 Å². The second-order valence-corrected chi connectivity index (χ2v) is 4.92. The van der Waals surface area contributed by atoms with E-state index >= 15 is 0 Å². The van der Waals surface area contributed by atoms with E-state index in [1.54, 1.807) is 0 Å². The lowest BCUT2D eigenvalue weighted by Crippen LogP contribution is -2.51. The Morgan fingerprint density at radius 1 is 1.33 bits per heavy atom. The fraction of sp³-hybridized carbons (Fsp3) is 0.533. The average Bonchev–Trinajstić information content (AvgIpc) is 2.39. The summed E-state index contributed by atoms with van der Waals surface area (Å²) in [6, 6.07) is 9.07. The van der Waals surface area contributed by atoms with Gasteiger partial charge in [-0.2, -0.15) is 0 Å². The topological polar surface area (TPSA) is 32.3 Å². The molecule has 1 aliphatic heterocycles. The first-order valence-corrected chi connectivity index (χ1v) is 6.93. The van der Waals surface area contributed by atoms with E-state index in [-0.39, 0.29) is 0 Å². The van der Waals surface area contributed by atoms with Crippen LogP contribution in [0.1, 0.15) is 32.8 Å². The van der Waals surface area contributed by atoms with Crippen molar-refractivity contribution in [3.63, 3.8) is 0 Å². The maximum absolute atomic E-state index is 6.39. The molecule has 2 N–H and O–H groups in total. The minimum Gasteiger partial charge on any atom is -0.290 e. The Bertz CT molecular complexity index is 445. The average molecular weight is 246 g/mol. The van der Waals surface area contributed by atoms with Gasteiger partial charge in [-0.15, -0.1) is 0 Å². The van der Waals surface area contributed by atoms with E-state index < -0.39 is 0 Å². The summed E-state index contributed by atoms with van der Waals surface area (Å²) < 4.78 is 2.22. The van der Waals surface area contributed by atoms with Gasteiger partial charge in [0.2, 0.25) is 0 Å². The van der Waals surface area contributed by atoms with Crippen LogP contribution in [0.25, 0.3) is 0 Å². The summed E-state index contributed by atoms with van der Waals surface area (Å²) in [5.41, 5.74) is 9.07. The number of benzene rings is 1. The van der Waals surface area contributed by atoms with Crippen LogP contribution in [-0.2, 0) is 6.42 Å². The molecule has 2 rings (SSSR count). The quantitative estimate of drug-likeness (QED) is 0.493. The molecule has 0 aromatic heterocycles. The fourth-order valence-electron chi connectivity index (χ4n) is 2.74. The Morgan fingerprint density at radius 2 is 2.00 bits per heavy atom. The Morgan fingerprint density at radius 3 is 2.67 bits per heavy atom. The molecule has 18 heavy (non-hydrogen) atoms. The van der Waals surface area contributed by atoms with E-state index in [0.717, 1.165) is 25.5 Å². The number of para-hydroxylation sites is 1. The third-order valence-corrected chi connectivity index (χ3v) is 3.86. The molecule has 0 bridgehead atoms. The van der Waals surface area contributed by atoms with Crippen LogP contribution >= 0.6 is 0 Å². The lowest BCUT2D eigenvalue weighted by atomic mass is 9.97. The number of nitrogens with two attached hydrogens (primary N) is 1. The molecule has 1 aromatic rings. The number of hydrogen-bond donors (Lipinski definition) is 1. The number of nitrogens with zero attached hydrogens (tertiary/aromatic N) is 2. The van der Waals surface area contributed by atoms with E-state index in [4.69, 9.17) is 5.73 Å². The number of guanidine groups is 1. The van der Waals surface area contributed by atoms with Crippen molar-refractivity contribution in [1.29, 1.82) is 0 Å². The minimum absolute atomic E-state index is 0.473. The predicted octanol–water partition coefficient (Wildman–Crippen LogP) is 2.19. The highest BCUT2D eigenvalue weighted by atomic mass is 15.3. The Kier molecular flexibility index (Phi) is 3.90. The predicted molar refractivity (Wildman–Crippen MR) is 77.2 cm³/mol. The molecular formula is C15H24N3+. The van der Waals surface area contributed by atoms with Gasteiger partial charge in [-0.25, -0.2) is 4.90 Å². The van der Waals surface area contributed by atoms with Crippen molar-refractivity contribution in [3.8, 4) is 0 Å². The molecule has 3 heteroatoms. The van der Waals surface area contributed by atoms with Gasteiger partial charge >= 0.3 is 5.96 Å². The maximum atomic E-state index is 6.39. The molecule has 3 nitrogen and oxygen atoms in total. The summed E-state index contributed by atoms with van der Waals surface area (Å²) in [5, 5.41) is 0. The van der Waals surface area contributed by atoms with Gasteiger partial charge in [0.05, 0.1) is 19.1 Å². The molecule has 0 saturated heterocycles. The minimum atomic E-state index is 0.473. The zero-order chi connectivity index (χ0) is 13.1. The summed E-state index contributed by atoms with van der Waals surface area (Å²) in [6.07, 6.45) is 2.32. The van der Waals surface area contributed by atoms with Crippen molar-refractivity contribution < 1.29 is 4.58 Å². The Balaban J connectivity index is 2.46. The molecule has 0 unspecified atom stereocenters. The first-order valence-electron chi connectivity index (χ1n) is 6.93. The standard InChI is InChI=1S/C15H23N3/c1-4-17(5-2)15(16)18-12(3)10-11-13-8-6-7-9-14(13)18/h6-9,12,16H,4-5,10-11H2,1-3H3/p+1/t12-/m0/s1. The molecule has 1 aromatic carbocycles. The number of fused-ring (bicyclic) bond motifs is 1. The van der Waals surface area contributed by atoms with Crippen molar-refractivity contribution in [1.82, 2.24) is 0 Å². The molecule has 1 heterocycles. The van der Waals surface area contributed by atoms with E-state index in [1.807, 2.05) is 0 Å². The SMILES string of the molecule is CC[N+](CC)=C(N)N1c2ccccc2CC[C@@H]1C. The van der Waals surface area contributed by atoms with Gasteiger partial charge < -0.3 is 0 Å². The normalized spacial score (nSPS) is 18.4. The van der Waals surface area contributed by atoms with Gasteiger partial charge in [0.25, 0.3) is 0 Å². The van der Waals surface area contributed by atoms with Crippen molar-refractivity contribution in [2.75, 3.05) is 18.0 Å². The van der Waals surface area contributed by atoms with E-state index in [9.17, 15) is 0 Å². The van der Waals surface area contributed by atoms with Crippen molar-refractivity contribution in [3.05, 3.63) is 29.8 Å². The molecule has 98 valence electrons. The van der Waals surface area contributed by atoms with Gasteiger partial charge in [-0.1, -0.05) is 18.2 Å². The zero-order valence-corrected chi connectivity index (χ0v) is 11.7. The molecule has 0 amide bonds. The molecule has 0 saturated carbocycles. The van der Waals surface area contributed by atoms with Crippen LogP contribution in [0.3, 0.4) is 0 Å². The summed E-state index contributed by atoms with van der Waals surface area (Å²) >= 11 is 0. The van der Waals surface area contributed by atoms with E-state index in [2.05, 4.69) is 54.5 Å². The molecule has 1 aliphatic rings. The molecule has 0 radical (unpaired) electrons. The molecule has 0 spiro atoms. The number of hydrogen-bond acceptors (Lipinski definition) is 0. The third kappa shape index (κ3) is 2.22. The summed E-state index contributed by atoms with van der Waals surface area (Å²) in [7, 11) is 0. The number of anilines is 1. The van der Waals surface area contributed by atoms with Crippen molar-refractivity contribution in [2.45, 2.75) is 39.7 Å². The highest BCUT2D eigenvalue weighted by Gasteiger charge is 2.31. The van der Waals surface area contributed by atoms with Crippen molar-refractivity contribution in [2.24, 2.45) is 5.73 Å². The first-order chi connectivity index (χ1) is 8.69. The second-order valence-electron chi connectivity index (χ2n) is 4.92. The van der Waals surface area contributed by atoms with Crippen LogP contribution < -0.4 is 10.6 Å². The van der Waals surface area contributed by atoms with Gasteiger partial charge in [0.1, 0.15) is 5.69 Å². The first kappa shape index (κ1) is 12.9. The highest BCUT2D eigenvalue weighted by molar-refractivity contribution is 5.93.